The molecule has 0 bridgehead atoms. The molecule has 3 nitrogen and oxygen atoms in total. The van der Waals surface area contributed by atoms with Gasteiger partial charge >= 0.3 is 6.03 Å². The first-order valence-electron chi connectivity index (χ1n) is 5.58. The predicted octanol–water partition coefficient (Wildman–Crippen LogP) is 3.52. The molecule has 17 heavy (non-hydrogen) atoms. The number of amides is 2. The molecular weight excluding hydrogens is 259 g/mol. The average Bonchev–Trinajstić information content (AvgIpc) is 3.05. The summed E-state index contributed by atoms with van der Waals surface area (Å²) in [4.78, 5) is 11.5. The molecule has 1 aliphatic carbocycles. The Balaban J connectivity index is 1.95. The van der Waals surface area contributed by atoms with Crippen molar-refractivity contribution in [3.8, 4) is 0 Å². The minimum absolute atomic E-state index is 0.0940. The van der Waals surface area contributed by atoms with Crippen LogP contribution in [0.3, 0.4) is 0 Å². The van der Waals surface area contributed by atoms with Crippen molar-refractivity contribution in [2.45, 2.75) is 31.8 Å². The van der Waals surface area contributed by atoms with Crippen molar-refractivity contribution in [3.05, 3.63) is 33.8 Å². The van der Waals surface area contributed by atoms with Crippen LogP contribution in [0.4, 0.5) is 4.79 Å². The molecule has 0 radical (unpaired) electrons. The molecule has 0 unspecified atom stereocenters. The number of hydrogen-bond donors (Lipinski definition) is 2. The Kier molecular flexibility index (Phi) is 3.79. The van der Waals surface area contributed by atoms with E-state index in [0.29, 0.717) is 16.1 Å². The van der Waals surface area contributed by atoms with Crippen LogP contribution in [0, 0.1) is 0 Å². The van der Waals surface area contributed by atoms with Gasteiger partial charge in [0.25, 0.3) is 0 Å². The molecule has 2 N–H and O–H groups in total. The zero-order valence-corrected chi connectivity index (χ0v) is 11.0. The van der Waals surface area contributed by atoms with Gasteiger partial charge in [0.05, 0.1) is 16.1 Å². The van der Waals surface area contributed by atoms with Gasteiger partial charge in [-0.1, -0.05) is 29.3 Å². The molecule has 1 aromatic rings. The van der Waals surface area contributed by atoms with Crippen molar-refractivity contribution in [2.24, 2.45) is 0 Å². The normalized spacial score (nSPS) is 16.4. The van der Waals surface area contributed by atoms with Gasteiger partial charge in [-0.25, -0.2) is 4.79 Å². The minimum atomic E-state index is -0.133. The van der Waals surface area contributed by atoms with E-state index in [1.54, 1.807) is 12.1 Å². The highest BCUT2D eigenvalue weighted by molar-refractivity contribution is 6.42. The summed E-state index contributed by atoms with van der Waals surface area (Å²) in [6.45, 7) is 1.91. The van der Waals surface area contributed by atoms with Crippen molar-refractivity contribution in [3.63, 3.8) is 0 Å². The molecule has 2 rings (SSSR count). The van der Waals surface area contributed by atoms with Crippen LogP contribution < -0.4 is 10.6 Å². The molecule has 1 saturated carbocycles. The molecule has 92 valence electrons. The number of urea groups is 1. The fraction of sp³-hybridized carbons (Fsp3) is 0.417. The Bertz CT molecular complexity index is 433. The van der Waals surface area contributed by atoms with Crippen molar-refractivity contribution < 1.29 is 4.79 Å². The molecule has 0 heterocycles. The SMILES string of the molecule is C[C@@H](NC(=O)NC1CC1)c1ccc(Cl)c(Cl)c1. The number of halogens is 2. The zero-order chi connectivity index (χ0) is 12.4. The molecule has 1 aromatic carbocycles. The second kappa shape index (κ2) is 5.15. The largest absolute Gasteiger partial charge is 0.335 e. The lowest BCUT2D eigenvalue weighted by Gasteiger charge is -2.15. The monoisotopic (exact) mass is 272 g/mol. The summed E-state index contributed by atoms with van der Waals surface area (Å²) in [5.41, 5.74) is 0.936. The van der Waals surface area contributed by atoms with Crippen LogP contribution in [0.1, 0.15) is 31.4 Å². The minimum Gasteiger partial charge on any atom is -0.335 e. The summed E-state index contributed by atoms with van der Waals surface area (Å²) in [6.07, 6.45) is 2.16. The Morgan fingerprint density at radius 1 is 1.35 bits per heavy atom. The highest BCUT2D eigenvalue weighted by atomic mass is 35.5. The van der Waals surface area contributed by atoms with Gasteiger partial charge < -0.3 is 10.6 Å². The first-order chi connectivity index (χ1) is 8.06. The van der Waals surface area contributed by atoms with Gasteiger partial charge in [-0.3, -0.25) is 0 Å². The fourth-order valence-electron chi connectivity index (χ4n) is 1.52. The molecule has 1 atom stereocenters. The lowest BCUT2D eigenvalue weighted by atomic mass is 10.1. The van der Waals surface area contributed by atoms with Crippen LogP contribution in [-0.2, 0) is 0 Å². The summed E-state index contributed by atoms with van der Waals surface area (Å²) in [5, 5.41) is 6.75. The maximum absolute atomic E-state index is 11.5. The number of rotatable bonds is 3. The Morgan fingerprint density at radius 3 is 2.65 bits per heavy atom. The van der Waals surface area contributed by atoms with Gasteiger partial charge in [-0.05, 0) is 37.5 Å². The van der Waals surface area contributed by atoms with Gasteiger partial charge in [0, 0.05) is 6.04 Å². The van der Waals surface area contributed by atoms with E-state index in [1.165, 1.54) is 0 Å². The van der Waals surface area contributed by atoms with E-state index in [-0.39, 0.29) is 12.1 Å². The van der Waals surface area contributed by atoms with Crippen molar-refractivity contribution in [2.75, 3.05) is 0 Å². The number of hydrogen-bond acceptors (Lipinski definition) is 1. The standard InChI is InChI=1S/C12H14Cl2N2O/c1-7(15-12(17)16-9-3-4-9)8-2-5-10(13)11(14)6-8/h2,5-7,9H,3-4H2,1H3,(H2,15,16,17)/t7-/m1/s1. The predicted molar refractivity (Wildman–Crippen MR) is 69.6 cm³/mol. The Labute approximate surface area is 110 Å². The third kappa shape index (κ3) is 3.51. The summed E-state index contributed by atoms with van der Waals surface area (Å²) in [7, 11) is 0. The van der Waals surface area contributed by atoms with E-state index in [0.717, 1.165) is 18.4 Å². The van der Waals surface area contributed by atoms with Gasteiger partial charge in [-0.15, -0.1) is 0 Å². The van der Waals surface area contributed by atoms with Crippen LogP contribution in [0.15, 0.2) is 18.2 Å². The first-order valence-corrected chi connectivity index (χ1v) is 6.34. The van der Waals surface area contributed by atoms with Crippen molar-refractivity contribution in [1.82, 2.24) is 10.6 Å². The van der Waals surface area contributed by atoms with E-state index in [4.69, 9.17) is 23.2 Å². The fourth-order valence-corrected chi connectivity index (χ4v) is 1.82. The molecule has 0 saturated heterocycles. The quantitative estimate of drug-likeness (QED) is 0.869. The van der Waals surface area contributed by atoms with E-state index < -0.39 is 0 Å². The number of carbonyl (C=O) groups excluding carboxylic acids is 1. The number of nitrogens with one attached hydrogen (secondary N) is 2. The Morgan fingerprint density at radius 2 is 2.06 bits per heavy atom. The van der Waals surface area contributed by atoms with Crippen LogP contribution in [0.25, 0.3) is 0 Å². The Hall–Kier alpha value is -0.930. The zero-order valence-electron chi connectivity index (χ0n) is 9.47. The second-order valence-electron chi connectivity index (χ2n) is 4.29. The molecule has 0 spiro atoms. The van der Waals surface area contributed by atoms with Crippen molar-refractivity contribution in [1.29, 1.82) is 0 Å². The van der Waals surface area contributed by atoms with Gasteiger partial charge in [0.15, 0.2) is 0 Å². The van der Waals surface area contributed by atoms with Crippen molar-refractivity contribution >= 4 is 29.2 Å². The number of carbonyl (C=O) groups is 1. The summed E-state index contributed by atoms with van der Waals surface area (Å²) in [5.74, 6) is 0. The lowest BCUT2D eigenvalue weighted by molar-refractivity contribution is 0.237. The van der Waals surface area contributed by atoms with E-state index in [2.05, 4.69) is 10.6 Å². The van der Waals surface area contributed by atoms with E-state index >= 15 is 0 Å². The molecule has 2 amide bonds. The molecule has 5 heteroatoms. The lowest BCUT2D eigenvalue weighted by Crippen LogP contribution is -2.38. The molecule has 0 aromatic heterocycles. The third-order valence-corrected chi connectivity index (χ3v) is 3.44. The van der Waals surface area contributed by atoms with Gasteiger partial charge in [-0.2, -0.15) is 0 Å². The van der Waals surface area contributed by atoms with E-state index in [9.17, 15) is 4.79 Å². The summed E-state index contributed by atoms with van der Waals surface area (Å²) >= 11 is 11.8. The van der Waals surface area contributed by atoms with Crippen LogP contribution in [0.2, 0.25) is 10.0 Å². The van der Waals surface area contributed by atoms with Crippen LogP contribution in [0.5, 0.6) is 0 Å². The molecule has 0 aliphatic heterocycles. The smallest absolute Gasteiger partial charge is 0.315 e. The summed E-state index contributed by atoms with van der Waals surface area (Å²) < 4.78 is 0. The first kappa shape index (κ1) is 12.5. The molecule has 1 fully saturated rings. The van der Waals surface area contributed by atoms with Crippen LogP contribution >= 0.6 is 23.2 Å². The second-order valence-corrected chi connectivity index (χ2v) is 5.10. The topological polar surface area (TPSA) is 41.1 Å². The highest BCUT2D eigenvalue weighted by Crippen LogP contribution is 2.25. The van der Waals surface area contributed by atoms with E-state index in [1.807, 2.05) is 13.0 Å². The molecular formula is C12H14Cl2N2O. The summed E-state index contributed by atoms with van der Waals surface area (Å²) in [6, 6.07) is 5.49. The number of benzene rings is 1. The molecule has 1 aliphatic rings. The van der Waals surface area contributed by atoms with Gasteiger partial charge in [0.1, 0.15) is 0 Å². The maximum Gasteiger partial charge on any atom is 0.315 e. The van der Waals surface area contributed by atoms with Crippen LogP contribution in [-0.4, -0.2) is 12.1 Å². The highest BCUT2D eigenvalue weighted by Gasteiger charge is 2.23. The average molecular weight is 273 g/mol. The van der Waals surface area contributed by atoms with Gasteiger partial charge in [0.2, 0.25) is 0 Å². The third-order valence-electron chi connectivity index (χ3n) is 2.70. The maximum atomic E-state index is 11.5.